The molecule has 0 radical (unpaired) electrons. The van der Waals surface area contributed by atoms with Crippen molar-refractivity contribution in [3.63, 3.8) is 0 Å². The molecule has 2 fully saturated rings. The van der Waals surface area contributed by atoms with Crippen LogP contribution in [0.15, 0.2) is 70.4 Å². The Morgan fingerprint density at radius 1 is 0.896 bits per heavy atom. The summed E-state index contributed by atoms with van der Waals surface area (Å²) in [7, 11) is 1.43. The summed E-state index contributed by atoms with van der Waals surface area (Å²) < 4.78 is 38.4. The minimum absolute atomic E-state index is 0.0140. The number of esters is 1. The van der Waals surface area contributed by atoms with Gasteiger partial charge >= 0.3 is 11.8 Å². The molecule has 2 saturated heterocycles. The van der Waals surface area contributed by atoms with E-state index in [0.29, 0.717) is 70.1 Å². The number of carbonyl (C=O) groups is 4. The maximum atomic E-state index is 15.0. The molecular formula is C58H75FN6O12. The van der Waals surface area contributed by atoms with Gasteiger partial charge in [0.15, 0.2) is 5.75 Å². The van der Waals surface area contributed by atoms with Crippen molar-refractivity contribution in [2.24, 2.45) is 39.6 Å². The fraction of sp³-hybridized carbons (Fsp3) is 0.552. The number of fused-ring (bicyclic) bond motifs is 13. The van der Waals surface area contributed by atoms with Crippen molar-refractivity contribution in [1.82, 2.24) is 9.80 Å². The molecule has 6 aliphatic heterocycles. The normalized spacial score (nSPS) is 29.7. The SMILES string of the molecule is COC1/C=C/OC2(C)Oc3c(C)c(O)c4c(O)c(c5c(c4c3C2=O)NC2(CCN(CC(C)C)CC2)N=5)=NC(=O)/C(C)=C\C=C\C(C)[C@H](O)[C@@H](C)C(O)[C@@H](C)C(OC(=O)CC(=O)N2CCCN(c3ccc(F)cc3)CC2)[C@@H]1C. The van der Waals surface area contributed by atoms with Crippen molar-refractivity contribution in [3.05, 3.63) is 88.1 Å². The summed E-state index contributed by atoms with van der Waals surface area (Å²) in [5.41, 5.74) is 0.529. The Labute approximate surface area is 448 Å². The molecule has 9 rings (SSSR count). The van der Waals surface area contributed by atoms with Crippen LogP contribution in [0.3, 0.4) is 0 Å². The van der Waals surface area contributed by atoms with Gasteiger partial charge in [0, 0.05) is 119 Å². The number of carbonyl (C=O) groups excluding carboxylic acids is 4. The monoisotopic (exact) mass is 1070 g/mol. The highest BCUT2D eigenvalue weighted by atomic mass is 19.1. The molecule has 18 nitrogen and oxygen atoms in total. The number of allylic oxidation sites excluding steroid dienone is 2. The summed E-state index contributed by atoms with van der Waals surface area (Å²) in [6.45, 7) is 19.8. The number of aromatic hydroxyl groups is 2. The quantitative estimate of drug-likeness (QED) is 0.104. The molecule has 2 amide bonds. The van der Waals surface area contributed by atoms with E-state index in [1.807, 2.05) is 0 Å². The van der Waals surface area contributed by atoms with Crippen molar-refractivity contribution in [2.75, 3.05) is 63.1 Å². The largest absolute Gasteiger partial charge is 0.507 e. The number of amides is 2. The van der Waals surface area contributed by atoms with Gasteiger partial charge in [-0.3, -0.25) is 24.2 Å². The fourth-order valence-electron chi connectivity index (χ4n) is 11.6. The average molecular weight is 1070 g/mol. The number of anilines is 2. The Hall–Kier alpha value is -6.41. The molecule has 9 atom stereocenters. The smallest absolute Gasteiger partial charge is 0.315 e. The van der Waals surface area contributed by atoms with Gasteiger partial charge in [0.05, 0.1) is 41.2 Å². The van der Waals surface area contributed by atoms with Crippen LogP contribution in [-0.4, -0.2) is 143 Å². The Morgan fingerprint density at radius 3 is 2.27 bits per heavy atom. The van der Waals surface area contributed by atoms with Crippen LogP contribution in [0.25, 0.3) is 10.8 Å². The third kappa shape index (κ3) is 11.5. The number of piperidine rings is 1. The summed E-state index contributed by atoms with van der Waals surface area (Å²) in [5, 5.41) is 51.5. The highest BCUT2D eigenvalue weighted by Crippen LogP contribution is 2.51. The number of likely N-dealkylation sites (tertiary alicyclic amines) is 1. The minimum Gasteiger partial charge on any atom is -0.507 e. The first kappa shape index (κ1) is 56.8. The zero-order chi connectivity index (χ0) is 55.8. The third-order valence-corrected chi connectivity index (χ3v) is 16.2. The number of benzene rings is 3. The van der Waals surface area contributed by atoms with Crippen LogP contribution in [0, 0.1) is 42.3 Å². The van der Waals surface area contributed by atoms with Crippen molar-refractivity contribution in [1.29, 1.82) is 0 Å². The minimum atomic E-state index is -2.03. The van der Waals surface area contributed by atoms with Gasteiger partial charge in [-0.1, -0.05) is 59.8 Å². The van der Waals surface area contributed by atoms with E-state index in [1.54, 1.807) is 63.8 Å². The van der Waals surface area contributed by atoms with E-state index in [2.05, 4.69) is 34.0 Å². The molecule has 5 bridgehead atoms. The maximum absolute atomic E-state index is 15.0. The Bertz CT molecular complexity index is 2990. The summed E-state index contributed by atoms with van der Waals surface area (Å²) >= 11 is 0. The van der Waals surface area contributed by atoms with Crippen LogP contribution in [0.2, 0.25) is 0 Å². The number of ketones is 1. The van der Waals surface area contributed by atoms with Crippen LogP contribution in [0.1, 0.15) is 97.0 Å². The highest BCUT2D eigenvalue weighted by Gasteiger charge is 2.51. The number of nitrogens with one attached hydrogen (secondary N) is 1. The predicted octanol–water partition coefficient (Wildman–Crippen LogP) is 6.00. The van der Waals surface area contributed by atoms with Crippen LogP contribution in [0.5, 0.6) is 17.2 Å². The topological polar surface area (TPSA) is 233 Å². The second-order valence-electron chi connectivity index (χ2n) is 22.2. The number of Topliss-reactive ketones (excluding diaryl/α,β-unsaturated/α-hetero) is 1. The standard InChI is InChI=1S/C58H75FN6O12/c1-31(2)30-63-24-20-58(21-25-63)61-46-43-44-51(70)37(8)54-45(43)55(72)57(9,77-54)75-28-19-40(74-10)34(5)53(76-42(67)29-41(66)65-23-12-22-64(26-27-65)39-17-15-38(59)16-18-39)36(7)50(69)35(6)49(68)32(3)13-11-14-33(4)56(73)60-48(52(44)71)47(46)62-58/h11,13-19,28,31-32,34-36,40,49-50,53,61,68-71H,12,20-27,29-30H2,1-10H3/b13-11+,28-19+,33-14-,60-48?/t32?,34-,35-,36-,40?,49+,50?,53?,57?/m1/s1. The molecule has 0 aliphatic carbocycles. The lowest BCUT2D eigenvalue weighted by atomic mass is 9.78. The molecule has 19 heteroatoms. The first-order chi connectivity index (χ1) is 36.5. The molecule has 3 aromatic rings. The number of hydrogen-bond acceptors (Lipinski definition) is 16. The zero-order valence-corrected chi connectivity index (χ0v) is 45.8. The molecular weight excluding hydrogens is 992 g/mol. The fourth-order valence-corrected chi connectivity index (χ4v) is 11.6. The summed E-state index contributed by atoms with van der Waals surface area (Å²) in [6.07, 6.45) is 4.24. The highest BCUT2D eigenvalue weighted by molar-refractivity contribution is 6.21. The van der Waals surface area contributed by atoms with Crippen LogP contribution < -0.4 is 25.7 Å². The molecule has 0 aromatic heterocycles. The Kier molecular flexibility index (Phi) is 16.9. The van der Waals surface area contributed by atoms with Crippen molar-refractivity contribution < 1.29 is 62.9 Å². The van der Waals surface area contributed by atoms with Crippen molar-refractivity contribution >= 4 is 45.7 Å². The van der Waals surface area contributed by atoms with E-state index in [1.165, 1.54) is 51.5 Å². The molecule has 6 aliphatic rings. The number of phenols is 2. The van der Waals surface area contributed by atoms with E-state index in [9.17, 15) is 44.0 Å². The molecule has 5 N–H and O–H groups in total. The third-order valence-electron chi connectivity index (χ3n) is 16.2. The van der Waals surface area contributed by atoms with Crippen molar-refractivity contribution in [2.45, 2.75) is 124 Å². The molecule has 6 heterocycles. The summed E-state index contributed by atoms with van der Waals surface area (Å²) in [4.78, 5) is 72.4. The molecule has 5 unspecified atom stereocenters. The van der Waals surface area contributed by atoms with E-state index >= 15 is 0 Å². The first-order valence-electron chi connectivity index (χ1n) is 26.9. The van der Waals surface area contributed by atoms with Gasteiger partial charge in [0.25, 0.3) is 11.7 Å². The van der Waals surface area contributed by atoms with Crippen molar-refractivity contribution in [3.8, 4) is 17.2 Å². The number of phenolic OH excluding ortho intramolecular Hbond substituents is 2. The van der Waals surface area contributed by atoms with Gasteiger partial charge in [-0.25, -0.2) is 9.38 Å². The predicted molar refractivity (Wildman–Crippen MR) is 286 cm³/mol. The first-order valence-corrected chi connectivity index (χ1v) is 26.9. The van der Waals surface area contributed by atoms with Gasteiger partial charge in [-0.05, 0) is 56.5 Å². The van der Waals surface area contributed by atoms with E-state index in [-0.39, 0.29) is 49.8 Å². The number of methoxy groups -OCH3 is 1. The van der Waals surface area contributed by atoms with Crippen LogP contribution >= 0.6 is 0 Å². The van der Waals surface area contributed by atoms with E-state index < -0.39 is 101 Å². The van der Waals surface area contributed by atoms with E-state index in [0.717, 1.165) is 12.2 Å². The number of ether oxygens (including phenoxy) is 4. The molecule has 416 valence electrons. The second-order valence-corrected chi connectivity index (χ2v) is 22.2. The van der Waals surface area contributed by atoms with E-state index in [4.69, 9.17) is 23.9 Å². The number of aliphatic hydroxyl groups is 2. The Balaban J connectivity index is 1.14. The number of hydrogen-bond donors (Lipinski definition) is 5. The number of halogens is 1. The van der Waals surface area contributed by atoms with Gasteiger partial charge in [-0.15, -0.1) is 0 Å². The molecule has 1 spiro atoms. The zero-order valence-electron chi connectivity index (χ0n) is 45.8. The summed E-state index contributed by atoms with van der Waals surface area (Å²) in [5.74, 6) is -8.50. The lowest BCUT2D eigenvalue weighted by molar-refractivity contribution is -0.165. The summed E-state index contributed by atoms with van der Waals surface area (Å²) in [6, 6.07) is 6.15. The molecule has 77 heavy (non-hydrogen) atoms. The maximum Gasteiger partial charge on any atom is 0.315 e. The van der Waals surface area contributed by atoms with Gasteiger partial charge < -0.3 is 59.4 Å². The Morgan fingerprint density at radius 2 is 1.60 bits per heavy atom. The number of nitrogens with zero attached hydrogens (tertiary/aromatic N) is 5. The van der Waals surface area contributed by atoms with Crippen LogP contribution in [0.4, 0.5) is 15.8 Å². The van der Waals surface area contributed by atoms with Crippen LogP contribution in [-0.2, 0) is 28.6 Å². The number of rotatable bonds is 7. The van der Waals surface area contributed by atoms with Gasteiger partial charge in [0.1, 0.15) is 46.2 Å². The van der Waals surface area contributed by atoms with Gasteiger partial charge in [-0.2, -0.15) is 0 Å². The lowest BCUT2D eigenvalue weighted by Crippen LogP contribution is -2.47. The number of aliphatic hydroxyl groups excluding tert-OH is 2. The average Bonchev–Trinajstić information content (AvgIpc) is 3.94. The lowest BCUT2D eigenvalue weighted by Gasteiger charge is -2.38. The molecule has 3 aromatic carbocycles. The molecule has 0 saturated carbocycles. The van der Waals surface area contributed by atoms with Gasteiger partial charge in [0.2, 0.25) is 5.91 Å². The second kappa shape index (κ2) is 22.9.